The second-order valence-electron chi connectivity index (χ2n) is 5.75. The van der Waals surface area contributed by atoms with Gasteiger partial charge in [-0.3, -0.25) is 9.59 Å². The van der Waals surface area contributed by atoms with Crippen molar-refractivity contribution in [2.45, 2.75) is 19.8 Å². The number of carbonyl (C=O) groups is 2. The molecule has 0 atom stereocenters. The number of aryl methyl sites for hydroxylation is 1. The lowest BCUT2D eigenvalue weighted by molar-refractivity contribution is -0.116. The fourth-order valence-electron chi connectivity index (χ4n) is 2.22. The van der Waals surface area contributed by atoms with Crippen LogP contribution < -0.4 is 10.6 Å². The van der Waals surface area contributed by atoms with Crippen LogP contribution >= 0.6 is 23.4 Å². The number of rotatable bonds is 8. The van der Waals surface area contributed by atoms with Crippen molar-refractivity contribution in [2.75, 3.05) is 22.1 Å². The first-order valence-electron chi connectivity index (χ1n) is 8.13. The molecular formula is C19H20ClFN2O2S. The van der Waals surface area contributed by atoms with Crippen molar-refractivity contribution in [3.63, 3.8) is 0 Å². The van der Waals surface area contributed by atoms with Gasteiger partial charge in [-0.2, -0.15) is 11.8 Å². The molecule has 138 valence electrons. The van der Waals surface area contributed by atoms with Gasteiger partial charge in [-0.1, -0.05) is 23.7 Å². The third-order valence-corrected chi connectivity index (χ3v) is 4.76. The number of halogens is 2. The van der Waals surface area contributed by atoms with Crippen molar-refractivity contribution in [2.24, 2.45) is 0 Å². The van der Waals surface area contributed by atoms with Gasteiger partial charge in [0.05, 0.1) is 10.8 Å². The van der Waals surface area contributed by atoms with E-state index in [2.05, 4.69) is 10.6 Å². The molecule has 0 spiro atoms. The Hall–Kier alpha value is -2.05. The predicted octanol–water partition coefficient (Wildman–Crippen LogP) is 4.88. The number of nitrogens with one attached hydrogen (secondary N) is 2. The maximum absolute atomic E-state index is 13.1. The second-order valence-corrected chi connectivity index (χ2v) is 7.26. The molecule has 26 heavy (non-hydrogen) atoms. The number of amides is 2. The Morgan fingerprint density at radius 2 is 1.81 bits per heavy atom. The lowest BCUT2D eigenvalue weighted by atomic mass is 10.2. The Morgan fingerprint density at radius 1 is 1.08 bits per heavy atom. The highest BCUT2D eigenvalue weighted by atomic mass is 35.5. The van der Waals surface area contributed by atoms with E-state index < -0.39 is 5.82 Å². The first-order valence-corrected chi connectivity index (χ1v) is 9.66. The van der Waals surface area contributed by atoms with Crippen LogP contribution in [-0.4, -0.2) is 23.3 Å². The molecule has 4 nitrogen and oxygen atoms in total. The second kappa shape index (κ2) is 10.2. The van der Waals surface area contributed by atoms with Crippen LogP contribution in [0.2, 0.25) is 5.02 Å². The van der Waals surface area contributed by atoms with Gasteiger partial charge in [0, 0.05) is 17.8 Å². The third kappa shape index (κ3) is 7.06. The van der Waals surface area contributed by atoms with E-state index in [1.807, 2.05) is 31.2 Å². The minimum Gasteiger partial charge on any atom is -0.326 e. The lowest BCUT2D eigenvalue weighted by Crippen LogP contribution is -2.15. The molecule has 7 heteroatoms. The molecule has 0 bridgehead atoms. The van der Waals surface area contributed by atoms with Gasteiger partial charge in [-0.05, 0) is 55.0 Å². The maximum atomic E-state index is 13.1. The van der Waals surface area contributed by atoms with Crippen LogP contribution in [0.5, 0.6) is 0 Å². The van der Waals surface area contributed by atoms with Gasteiger partial charge in [0.25, 0.3) is 0 Å². The number of carbonyl (C=O) groups excluding carboxylic acids is 2. The predicted molar refractivity (Wildman–Crippen MR) is 106 cm³/mol. The summed E-state index contributed by atoms with van der Waals surface area (Å²) in [5.41, 5.74) is 2.34. The van der Waals surface area contributed by atoms with E-state index in [9.17, 15) is 14.0 Å². The summed E-state index contributed by atoms with van der Waals surface area (Å²) in [5.74, 6) is 0.194. The summed E-state index contributed by atoms with van der Waals surface area (Å²) in [7, 11) is 0. The lowest BCUT2D eigenvalue weighted by Gasteiger charge is -2.07. The van der Waals surface area contributed by atoms with Gasteiger partial charge in [0.15, 0.2) is 0 Å². The Balaban J connectivity index is 1.61. The zero-order chi connectivity index (χ0) is 18.9. The Morgan fingerprint density at radius 3 is 2.54 bits per heavy atom. The normalized spacial score (nSPS) is 10.4. The van der Waals surface area contributed by atoms with E-state index in [1.54, 1.807) is 0 Å². The van der Waals surface area contributed by atoms with Crippen molar-refractivity contribution < 1.29 is 14.0 Å². The molecule has 2 aromatic carbocycles. The Labute approximate surface area is 161 Å². The summed E-state index contributed by atoms with van der Waals surface area (Å²) >= 11 is 7.11. The van der Waals surface area contributed by atoms with Crippen LogP contribution in [0.1, 0.15) is 18.4 Å². The van der Waals surface area contributed by atoms with Crippen molar-refractivity contribution in [3.05, 3.63) is 58.9 Å². The molecule has 0 radical (unpaired) electrons. The molecule has 2 aromatic rings. The number of hydrogen-bond donors (Lipinski definition) is 2. The quantitative estimate of drug-likeness (QED) is 0.627. The summed E-state index contributed by atoms with van der Waals surface area (Å²) in [5, 5.41) is 5.48. The number of thioether (sulfide) groups is 1. The fraction of sp³-hybridized carbons (Fsp3) is 0.263. The molecule has 2 N–H and O–H groups in total. The van der Waals surface area contributed by atoms with Gasteiger partial charge < -0.3 is 10.6 Å². The molecule has 0 heterocycles. The van der Waals surface area contributed by atoms with E-state index in [-0.39, 0.29) is 22.6 Å². The van der Waals surface area contributed by atoms with Crippen molar-refractivity contribution >= 4 is 46.6 Å². The number of hydrogen-bond acceptors (Lipinski definition) is 3. The summed E-state index contributed by atoms with van der Waals surface area (Å²) in [6.45, 7) is 1.97. The van der Waals surface area contributed by atoms with Crippen LogP contribution in [0.15, 0.2) is 42.5 Å². The minimum atomic E-state index is -0.525. The van der Waals surface area contributed by atoms with Crippen molar-refractivity contribution in [1.82, 2.24) is 0 Å². The highest BCUT2D eigenvalue weighted by Crippen LogP contribution is 2.19. The van der Waals surface area contributed by atoms with Crippen LogP contribution in [0, 0.1) is 12.7 Å². The monoisotopic (exact) mass is 394 g/mol. The summed E-state index contributed by atoms with van der Waals surface area (Å²) < 4.78 is 13.1. The van der Waals surface area contributed by atoms with Gasteiger partial charge in [0.1, 0.15) is 5.82 Å². The van der Waals surface area contributed by atoms with E-state index in [4.69, 9.17) is 11.6 Å². The van der Waals surface area contributed by atoms with E-state index >= 15 is 0 Å². The highest BCUT2D eigenvalue weighted by Gasteiger charge is 2.07. The molecule has 0 saturated carbocycles. The average Bonchev–Trinajstić information content (AvgIpc) is 2.58. The molecule has 0 saturated heterocycles. The van der Waals surface area contributed by atoms with Gasteiger partial charge in [-0.25, -0.2) is 4.39 Å². The standard InChI is InChI=1S/C19H20ClFN2O2S/c1-13-4-2-5-14(10-13)22-18(24)6-3-9-26-12-19(25)23-15-7-8-17(21)16(20)11-15/h2,4-5,7-8,10-11H,3,6,9,12H2,1H3,(H,22,24)(H,23,25). The van der Waals surface area contributed by atoms with Crippen LogP contribution in [-0.2, 0) is 9.59 Å². The third-order valence-electron chi connectivity index (χ3n) is 3.43. The maximum Gasteiger partial charge on any atom is 0.234 e. The first kappa shape index (κ1) is 20.3. The van der Waals surface area contributed by atoms with Crippen LogP contribution in [0.25, 0.3) is 0 Å². The van der Waals surface area contributed by atoms with E-state index in [1.165, 1.54) is 30.0 Å². The SMILES string of the molecule is Cc1cccc(NC(=O)CCCSCC(=O)Nc2ccc(F)c(Cl)c2)c1. The Bertz CT molecular complexity index is 786. The van der Waals surface area contributed by atoms with Gasteiger partial charge >= 0.3 is 0 Å². The largest absolute Gasteiger partial charge is 0.326 e. The van der Waals surface area contributed by atoms with Crippen LogP contribution in [0.3, 0.4) is 0 Å². The molecule has 0 unspecified atom stereocenters. The molecule has 2 rings (SSSR count). The fourth-order valence-corrected chi connectivity index (χ4v) is 3.15. The van der Waals surface area contributed by atoms with E-state index in [0.717, 1.165) is 11.3 Å². The summed E-state index contributed by atoms with van der Waals surface area (Å²) in [6, 6.07) is 11.7. The summed E-state index contributed by atoms with van der Waals surface area (Å²) in [6.07, 6.45) is 1.08. The number of benzene rings is 2. The molecule has 0 aromatic heterocycles. The van der Waals surface area contributed by atoms with Crippen LogP contribution in [0.4, 0.5) is 15.8 Å². The highest BCUT2D eigenvalue weighted by molar-refractivity contribution is 7.99. The molecule has 0 fully saturated rings. The van der Waals surface area contributed by atoms with Crippen molar-refractivity contribution in [1.29, 1.82) is 0 Å². The zero-order valence-corrected chi connectivity index (χ0v) is 15.9. The molecule has 2 amide bonds. The van der Waals surface area contributed by atoms with E-state index in [0.29, 0.717) is 24.3 Å². The first-order chi connectivity index (χ1) is 12.4. The topological polar surface area (TPSA) is 58.2 Å². The van der Waals surface area contributed by atoms with Gasteiger partial charge in [0.2, 0.25) is 11.8 Å². The van der Waals surface area contributed by atoms with Gasteiger partial charge in [-0.15, -0.1) is 0 Å². The molecule has 0 aliphatic rings. The number of anilines is 2. The molecule has 0 aliphatic carbocycles. The molecular weight excluding hydrogens is 375 g/mol. The summed E-state index contributed by atoms with van der Waals surface area (Å²) in [4.78, 5) is 23.7. The minimum absolute atomic E-state index is 0.0323. The zero-order valence-electron chi connectivity index (χ0n) is 14.4. The average molecular weight is 395 g/mol. The van der Waals surface area contributed by atoms with Crippen molar-refractivity contribution in [3.8, 4) is 0 Å². The Kier molecular flexibility index (Phi) is 7.94. The smallest absolute Gasteiger partial charge is 0.234 e. The molecule has 0 aliphatic heterocycles.